The fourth-order valence-electron chi connectivity index (χ4n) is 3.91. The number of carbonyl (C=O) groups excluding carboxylic acids is 2. The number of carbonyl (C=O) groups is 2. The maximum Gasteiger partial charge on any atom is 0.323 e. The second-order valence-electron chi connectivity index (χ2n) is 8.06. The van der Waals surface area contributed by atoms with Crippen molar-refractivity contribution < 1.29 is 18.7 Å². The topological polar surface area (TPSA) is 83.6 Å². The number of para-hydroxylation sites is 1. The largest absolute Gasteiger partial charge is 0.465 e. The number of urea groups is 1. The van der Waals surface area contributed by atoms with E-state index < -0.39 is 11.8 Å². The standard InChI is InChI=1S/C25H27FN4O3S/c1-2-33-23(31)15-30-13-11-18(12-14-30)24-28-22(16-34-24)17-7-9-19(10-8-17)27-25(32)29-21-6-4-3-5-20(21)26/h3-10,16,18H,2,11-15H2,1H3,(H2,27,29,32). The minimum Gasteiger partial charge on any atom is -0.465 e. The van der Waals surface area contributed by atoms with Gasteiger partial charge in [0.2, 0.25) is 0 Å². The Morgan fingerprint density at radius 1 is 1.12 bits per heavy atom. The Balaban J connectivity index is 1.30. The van der Waals surface area contributed by atoms with Gasteiger partial charge in [-0.3, -0.25) is 9.69 Å². The first-order valence-electron chi connectivity index (χ1n) is 11.3. The Labute approximate surface area is 202 Å². The molecule has 1 aliphatic heterocycles. The van der Waals surface area contributed by atoms with Gasteiger partial charge in [-0.1, -0.05) is 24.3 Å². The van der Waals surface area contributed by atoms with E-state index in [9.17, 15) is 14.0 Å². The molecular weight excluding hydrogens is 455 g/mol. The summed E-state index contributed by atoms with van der Waals surface area (Å²) < 4.78 is 18.7. The lowest BCUT2D eigenvalue weighted by molar-refractivity contribution is -0.144. The zero-order valence-corrected chi connectivity index (χ0v) is 19.7. The second kappa shape index (κ2) is 11.2. The number of amides is 2. The number of hydrogen-bond acceptors (Lipinski definition) is 6. The van der Waals surface area contributed by atoms with Crippen LogP contribution in [0, 0.1) is 5.82 Å². The van der Waals surface area contributed by atoms with Crippen LogP contribution in [0.3, 0.4) is 0 Å². The van der Waals surface area contributed by atoms with E-state index in [1.54, 1.807) is 35.6 Å². The number of hydrogen-bond donors (Lipinski definition) is 2. The molecule has 2 aromatic carbocycles. The maximum absolute atomic E-state index is 13.7. The van der Waals surface area contributed by atoms with E-state index in [4.69, 9.17) is 9.72 Å². The summed E-state index contributed by atoms with van der Waals surface area (Å²) in [5, 5.41) is 8.36. The average molecular weight is 483 g/mol. The van der Waals surface area contributed by atoms with E-state index in [0.29, 0.717) is 24.8 Å². The number of esters is 1. The van der Waals surface area contributed by atoms with E-state index in [1.807, 2.05) is 24.4 Å². The quantitative estimate of drug-likeness (QED) is 0.445. The third kappa shape index (κ3) is 6.18. The van der Waals surface area contributed by atoms with Crippen molar-refractivity contribution in [3.63, 3.8) is 0 Å². The van der Waals surface area contributed by atoms with Crippen molar-refractivity contribution in [2.24, 2.45) is 0 Å². The van der Waals surface area contributed by atoms with Crippen molar-refractivity contribution in [2.75, 3.05) is 36.9 Å². The van der Waals surface area contributed by atoms with Gasteiger partial charge in [0.25, 0.3) is 0 Å². The molecule has 1 saturated heterocycles. The molecule has 7 nitrogen and oxygen atoms in total. The summed E-state index contributed by atoms with van der Waals surface area (Å²) in [6.07, 6.45) is 1.93. The summed E-state index contributed by atoms with van der Waals surface area (Å²) in [5.41, 5.74) is 2.58. The molecule has 0 saturated carbocycles. The molecule has 34 heavy (non-hydrogen) atoms. The van der Waals surface area contributed by atoms with Crippen molar-refractivity contribution in [1.29, 1.82) is 0 Å². The molecule has 1 fully saturated rings. The van der Waals surface area contributed by atoms with Crippen molar-refractivity contribution in [2.45, 2.75) is 25.7 Å². The van der Waals surface area contributed by atoms with Crippen LogP contribution in [-0.2, 0) is 9.53 Å². The van der Waals surface area contributed by atoms with E-state index >= 15 is 0 Å². The number of anilines is 2. The summed E-state index contributed by atoms with van der Waals surface area (Å²) in [6, 6.07) is 12.9. The molecule has 1 aromatic heterocycles. The number of nitrogens with one attached hydrogen (secondary N) is 2. The predicted molar refractivity (Wildman–Crippen MR) is 132 cm³/mol. The lowest BCUT2D eigenvalue weighted by atomic mass is 9.97. The Bertz CT molecular complexity index is 1130. The van der Waals surface area contributed by atoms with Gasteiger partial charge < -0.3 is 15.4 Å². The first-order chi connectivity index (χ1) is 16.5. The molecule has 9 heteroatoms. The minimum absolute atomic E-state index is 0.123. The van der Waals surface area contributed by atoms with Crippen molar-refractivity contribution in [3.8, 4) is 11.3 Å². The molecule has 3 aromatic rings. The third-order valence-corrected chi connectivity index (χ3v) is 6.68. The van der Waals surface area contributed by atoms with Crippen LogP contribution in [0.4, 0.5) is 20.6 Å². The van der Waals surface area contributed by atoms with Crippen LogP contribution in [0.15, 0.2) is 53.9 Å². The van der Waals surface area contributed by atoms with Gasteiger partial charge in [0, 0.05) is 22.5 Å². The molecule has 2 amide bonds. The summed E-state index contributed by atoms with van der Waals surface area (Å²) >= 11 is 1.66. The van der Waals surface area contributed by atoms with Gasteiger partial charge in [-0.05, 0) is 57.1 Å². The highest BCUT2D eigenvalue weighted by molar-refractivity contribution is 7.10. The van der Waals surface area contributed by atoms with Gasteiger partial charge in [0.15, 0.2) is 0 Å². The molecule has 0 spiro atoms. The highest BCUT2D eigenvalue weighted by Crippen LogP contribution is 2.33. The van der Waals surface area contributed by atoms with Crippen LogP contribution >= 0.6 is 11.3 Å². The summed E-state index contributed by atoms with van der Waals surface area (Å²) in [6.45, 7) is 4.29. The Morgan fingerprint density at radius 2 is 1.85 bits per heavy atom. The lowest BCUT2D eigenvalue weighted by Gasteiger charge is -2.30. The molecular formula is C25H27FN4O3S. The van der Waals surface area contributed by atoms with E-state index in [-0.39, 0.29) is 11.7 Å². The van der Waals surface area contributed by atoms with Gasteiger partial charge in [0.05, 0.1) is 29.5 Å². The van der Waals surface area contributed by atoms with Crippen LogP contribution in [-0.4, -0.2) is 48.1 Å². The van der Waals surface area contributed by atoms with Gasteiger partial charge in [-0.2, -0.15) is 0 Å². The fourth-order valence-corrected chi connectivity index (χ4v) is 4.91. The molecule has 1 aliphatic rings. The number of aromatic nitrogens is 1. The summed E-state index contributed by atoms with van der Waals surface area (Å²) in [4.78, 5) is 30.8. The monoisotopic (exact) mass is 482 g/mol. The zero-order valence-electron chi connectivity index (χ0n) is 18.9. The van der Waals surface area contributed by atoms with Crippen LogP contribution in [0.2, 0.25) is 0 Å². The zero-order chi connectivity index (χ0) is 23.9. The summed E-state index contributed by atoms with van der Waals surface area (Å²) in [5.74, 6) is -0.266. The van der Waals surface area contributed by atoms with Crippen molar-refractivity contribution in [1.82, 2.24) is 9.88 Å². The highest BCUT2D eigenvalue weighted by Gasteiger charge is 2.24. The van der Waals surface area contributed by atoms with Gasteiger partial charge in [0.1, 0.15) is 5.82 Å². The number of benzene rings is 2. The van der Waals surface area contributed by atoms with Gasteiger partial charge >= 0.3 is 12.0 Å². The average Bonchev–Trinajstić information content (AvgIpc) is 3.32. The Morgan fingerprint density at radius 3 is 2.56 bits per heavy atom. The number of ether oxygens (including phenoxy) is 1. The van der Waals surface area contributed by atoms with Crippen LogP contribution in [0.1, 0.15) is 30.7 Å². The smallest absolute Gasteiger partial charge is 0.323 e. The molecule has 2 N–H and O–H groups in total. The van der Waals surface area contributed by atoms with Crippen molar-refractivity contribution >= 4 is 34.7 Å². The molecule has 178 valence electrons. The van der Waals surface area contributed by atoms with Crippen LogP contribution in [0.25, 0.3) is 11.3 Å². The predicted octanol–water partition coefficient (Wildman–Crippen LogP) is 5.34. The number of piperidine rings is 1. The van der Waals surface area contributed by atoms with Crippen LogP contribution in [0.5, 0.6) is 0 Å². The minimum atomic E-state index is -0.511. The van der Waals surface area contributed by atoms with E-state index in [2.05, 4.69) is 15.5 Å². The number of nitrogens with zero attached hydrogens (tertiary/aromatic N) is 2. The normalized spacial score (nSPS) is 14.5. The molecule has 0 unspecified atom stereocenters. The second-order valence-corrected chi connectivity index (χ2v) is 8.95. The maximum atomic E-state index is 13.7. The molecule has 0 aliphatic carbocycles. The summed E-state index contributed by atoms with van der Waals surface area (Å²) in [7, 11) is 0. The Hall–Kier alpha value is -3.30. The van der Waals surface area contributed by atoms with Gasteiger partial charge in [-0.25, -0.2) is 14.2 Å². The Kier molecular flexibility index (Phi) is 7.87. The lowest BCUT2D eigenvalue weighted by Crippen LogP contribution is -2.37. The number of thiazole rings is 1. The SMILES string of the molecule is CCOC(=O)CN1CCC(c2nc(-c3ccc(NC(=O)Nc4ccccc4F)cc3)cs2)CC1. The molecule has 0 atom stereocenters. The fraction of sp³-hybridized carbons (Fsp3) is 0.320. The van der Waals surface area contributed by atoms with Gasteiger partial charge in [-0.15, -0.1) is 11.3 Å². The van der Waals surface area contributed by atoms with E-state index in [0.717, 1.165) is 42.2 Å². The number of likely N-dealkylation sites (tertiary alicyclic amines) is 1. The highest BCUT2D eigenvalue weighted by atomic mass is 32.1. The first-order valence-corrected chi connectivity index (χ1v) is 12.2. The molecule has 4 rings (SSSR count). The number of halogens is 1. The number of rotatable bonds is 7. The molecule has 2 heterocycles. The third-order valence-electron chi connectivity index (χ3n) is 5.68. The molecule has 0 radical (unpaired) electrons. The van der Waals surface area contributed by atoms with Crippen LogP contribution < -0.4 is 10.6 Å². The van der Waals surface area contributed by atoms with E-state index in [1.165, 1.54) is 12.1 Å². The van der Waals surface area contributed by atoms with Crippen molar-refractivity contribution in [3.05, 3.63) is 64.7 Å². The molecule has 0 bridgehead atoms. The first kappa shape index (κ1) is 23.8.